The first-order valence-electron chi connectivity index (χ1n) is 7.51. The van der Waals surface area contributed by atoms with Crippen LogP contribution in [0.3, 0.4) is 0 Å². The quantitative estimate of drug-likeness (QED) is 0.816. The van der Waals surface area contributed by atoms with Crippen molar-refractivity contribution in [2.24, 2.45) is 5.41 Å². The molecule has 0 aliphatic carbocycles. The minimum absolute atomic E-state index is 0.0527. The number of pyridine rings is 1. The molecule has 1 aromatic heterocycles. The average Bonchev–Trinajstić information content (AvgIpc) is 2.81. The van der Waals surface area contributed by atoms with Crippen molar-refractivity contribution in [3.8, 4) is 0 Å². The van der Waals surface area contributed by atoms with Crippen LogP contribution in [-0.2, 0) is 16.6 Å². The zero-order valence-corrected chi connectivity index (χ0v) is 13.9. The van der Waals surface area contributed by atoms with E-state index in [1.807, 2.05) is 6.07 Å². The fraction of sp³-hybridized carbons (Fsp3) is 0.667. The number of sulfonamides is 1. The van der Waals surface area contributed by atoms with Crippen molar-refractivity contribution >= 4 is 10.0 Å². The summed E-state index contributed by atoms with van der Waals surface area (Å²) in [5.41, 5.74) is 1.06. The number of hydrogen-bond donors (Lipinski definition) is 1. The second kappa shape index (κ2) is 6.42. The number of aromatic nitrogens is 1. The zero-order valence-electron chi connectivity index (χ0n) is 13.1. The van der Waals surface area contributed by atoms with Gasteiger partial charge < -0.3 is 5.32 Å². The molecule has 1 aliphatic heterocycles. The van der Waals surface area contributed by atoms with Crippen LogP contribution in [0.2, 0.25) is 0 Å². The Hall–Kier alpha value is -0.980. The minimum Gasteiger partial charge on any atom is -0.313 e. The summed E-state index contributed by atoms with van der Waals surface area (Å²) in [6.07, 6.45) is 3.62. The molecule has 1 fully saturated rings. The zero-order chi connectivity index (χ0) is 15.5. The fourth-order valence-corrected chi connectivity index (χ4v) is 4.02. The Morgan fingerprint density at radius 3 is 2.67 bits per heavy atom. The van der Waals surface area contributed by atoms with Gasteiger partial charge in [0, 0.05) is 25.8 Å². The van der Waals surface area contributed by atoms with E-state index in [0.717, 1.165) is 31.5 Å². The Morgan fingerprint density at radius 2 is 2.14 bits per heavy atom. The molecule has 0 spiro atoms. The van der Waals surface area contributed by atoms with Gasteiger partial charge in [-0.1, -0.05) is 26.8 Å². The fourth-order valence-electron chi connectivity index (χ4n) is 2.48. The summed E-state index contributed by atoms with van der Waals surface area (Å²) in [4.78, 5) is 4.15. The first-order valence-corrected chi connectivity index (χ1v) is 8.95. The monoisotopic (exact) mass is 311 g/mol. The molecule has 21 heavy (non-hydrogen) atoms. The highest BCUT2D eigenvalue weighted by molar-refractivity contribution is 7.89. The summed E-state index contributed by atoms with van der Waals surface area (Å²) in [7, 11) is -3.45. The Labute approximate surface area is 127 Å². The van der Waals surface area contributed by atoms with Gasteiger partial charge in [-0.15, -0.1) is 0 Å². The van der Waals surface area contributed by atoms with Gasteiger partial charge in [-0.3, -0.25) is 0 Å². The van der Waals surface area contributed by atoms with Gasteiger partial charge in [0.25, 0.3) is 10.0 Å². The molecule has 0 amide bonds. The molecule has 0 aromatic carbocycles. The van der Waals surface area contributed by atoms with Crippen LogP contribution in [-0.4, -0.2) is 37.3 Å². The first-order chi connectivity index (χ1) is 9.85. The molecule has 1 aromatic rings. The lowest BCUT2D eigenvalue weighted by atomic mass is 9.93. The van der Waals surface area contributed by atoms with Crippen molar-refractivity contribution in [3.63, 3.8) is 0 Å². The number of nitrogens with one attached hydrogen (secondary N) is 1. The van der Waals surface area contributed by atoms with Crippen LogP contribution < -0.4 is 5.32 Å². The molecule has 118 valence electrons. The SMILES string of the molecule is CCCNCc1ccc(S(=O)(=O)N2CCC(C)(C)C2)nc1. The predicted molar refractivity (Wildman–Crippen MR) is 83.4 cm³/mol. The molecule has 1 N–H and O–H groups in total. The molecule has 0 bridgehead atoms. The highest BCUT2D eigenvalue weighted by Gasteiger charge is 2.37. The highest BCUT2D eigenvalue weighted by atomic mass is 32.2. The molecule has 0 radical (unpaired) electrons. The van der Waals surface area contributed by atoms with Crippen LogP contribution in [0.4, 0.5) is 0 Å². The van der Waals surface area contributed by atoms with Gasteiger partial charge in [-0.05, 0) is 36.4 Å². The lowest BCUT2D eigenvalue weighted by Crippen LogP contribution is -2.31. The first kappa shape index (κ1) is 16.4. The molecule has 6 heteroatoms. The summed E-state index contributed by atoms with van der Waals surface area (Å²) in [6.45, 7) is 9.11. The number of hydrogen-bond acceptors (Lipinski definition) is 4. The molecular formula is C15H25N3O2S. The molecule has 2 rings (SSSR count). The third-order valence-electron chi connectivity index (χ3n) is 3.80. The van der Waals surface area contributed by atoms with Crippen LogP contribution >= 0.6 is 0 Å². The number of nitrogens with zero attached hydrogens (tertiary/aromatic N) is 2. The van der Waals surface area contributed by atoms with Gasteiger partial charge in [0.1, 0.15) is 0 Å². The maximum absolute atomic E-state index is 12.5. The summed E-state index contributed by atoms with van der Waals surface area (Å²) >= 11 is 0. The van der Waals surface area contributed by atoms with E-state index in [9.17, 15) is 8.42 Å². The van der Waals surface area contributed by atoms with E-state index in [2.05, 4.69) is 31.1 Å². The predicted octanol–water partition coefficient (Wildman–Crippen LogP) is 2.00. The Morgan fingerprint density at radius 1 is 1.38 bits per heavy atom. The lowest BCUT2D eigenvalue weighted by Gasteiger charge is -2.19. The number of rotatable bonds is 6. The van der Waals surface area contributed by atoms with Crippen molar-refractivity contribution in [2.75, 3.05) is 19.6 Å². The molecule has 5 nitrogen and oxygen atoms in total. The average molecular weight is 311 g/mol. The smallest absolute Gasteiger partial charge is 0.260 e. The van der Waals surface area contributed by atoms with Crippen LogP contribution in [0.15, 0.2) is 23.4 Å². The van der Waals surface area contributed by atoms with Crippen LogP contribution in [0.25, 0.3) is 0 Å². The topological polar surface area (TPSA) is 62.3 Å². The normalized spacial score (nSPS) is 19.0. The summed E-state index contributed by atoms with van der Waals surface area (Å²) in [6, 6.07) is 3.45. The minimum atomic E-state index is -3.45. The summed E-state index contributed by atoms with van der Waals surface area (Å²) < 4.78 is 26.6. The van der Waals surface area contributed by atoms with Crippen molar-refractivity contribution in [1.29, 1.82) is 0 Å². The van der Waals surface area contributed by atoms with Crippen molar-refractivity contribution in [1.82, 2.24) is 14.6 Å². The maximum atomic E-state index is 12.5. The molecule has 0 unspecified atom stereocenters. The maximum Gasteiger partial charge on any atom is 0.260 e. The third kappa shape index (κ3) is 4.02. The standard InChI is InChI=1S/C15H25N3O2S/c1-4-8-16-10-13-5-6-14(17-11-13)21(19,20)18-9-7-15(2,3)12-18/h5-6,11,16H,4,7-10,12H2,1-3H3. The van der Waals surface area contributed by atoms with Crippen molar-refractivity contribution < 1.29 is 8.42 Å². The Balaban J connectivity index is 2.07. The van der Waals surface area contributed by atoms with E-state index in [0.29, 0.717) is 13.1 Å². The van der Waals surface area contributed by atoms with Gasteiger partial charge in [-0.25, -0.2) is 13.4 Å². The van der Waals surface area contributed by atoms with Gasteiger partial charge >= 0.3 is 0 Å². The highest BCUT2D eigenvalue weighted by Crippen LogP contribution is 2.32. The van der Waals surface area contributed by atoms with Gasteiger partial charge in [0.2, 0.25) is 0 Å². The largest absolute Gasteiger partial charge is 0.313 e. The van der Waals surface area contributed by atoms with E-state index in [-0.39, 0.29) is 10.4 Å². The summed E-state index contributed by atoms with van der Waals surface area (Å²) in [5.74, 6) is 0. The van der Waals surface area contributed by atoms with Crippen LogP contribution in [0, 0.1) is 5.41 Å². The molecular weight excluding hydrogens is 286 g/mol. The second-order valence-electron chi connectivity index (χ2n) is 6.43. The summed E-state index contributed by atoms with van der Waals surface area (Å²) in [5, 5.41) is 3.43. The van der Waals surface area contributed by atoms with E-state index in [1.54, 1.807) is 16.6 Å². The molecule has 1 saturated heterocycles. The third-order valence-corrected chi connectivity index (χ3v) is 5.56. The molecule has 1 aliphatic rings. The van der Waals surface area contributed by atoms with Crippen molar-refractivity contribution in [3.05, 3.63) is 23.9 Å². The van der Waals surface area contributed by atoms with E-state index in [1.165, 1.54) is 0 Å². The van der Waals surface area contributed by atoms with Crippen LogP contribution in [0.5, 0.6) is 0 Å². The second-order valence-corrected chi connectivity index (χ2v) is 8.32. The van der Waals surface area contributed by atoms with Gasteiger partial charge in [-0.2, -0.15) is 4.31 Å². The van der Waals surface area contributed by atoms with E-state index < -0.39 is 10.0 Å². The molecule has 2 heterocycles. The molecule has 0 atom stereocenters. The van der Waals surface area contributed by atoms with Crippen LogP contribution in [0.1, 0.15) is 39.2 Å². The van der Waals surface area contributed by atoms with E-state index >= 15 is 0 Å². The van der Waals surface area contributed by atoms with Gasteiger partial charge in [0.15, 0.2) is 5.03 Å². The Bertz CT molecular complexity index is 567. The Kier molecular flexibility index (Phi) is 5.01. The van der Waals surface area contributed by atoms with E-state index in [4.69, 9.17) is 0 Å². The van der Waals surface area contributed by atoms with Crippen molar-refractivity contribution in [2.45, 2.75) is 45.2 Å². The van der Waals surface area contributed by atoms with Gasteiger partial charge in [0.05, 0.1) is 0 Å². The molecule has 0 saturated carbocycles. The lowest BCUT2D eigenvalue weighted by molar-refractivity contribution is 0.375.